The molecule has 0 radical (unpaired) electrons. The van der Waals surface area contributed by atoms with Gasteiger partial charge in [0.05, 0.1) is 5.56 Å². The van der Waals surface area contributed by atoms with Gasteiger partial charge in [0.25, 0.3) is 11.5 Å². The molecule has 1 aromatic heterocycles. The van der Waals surface area contributed by atoms with Crippen LogP contribution in [-0.2, 0) is 12.5 Å². The largest absolute Gasteiger partial charge is 0.314 e. The van der Waals surface area contributed by atoms with Crippen molar-refractivity contribution in [2.75, 3.05) is 0 Å². The van der Waals surface area contributed by atoms with Crippen molar-refractivity contribution in [2.45, 2.75) is 26.3 Å². The van der Waals surface area contributed by atoms with Crippen LogP contribution < -0.4 is 5.56 Å². The van der Waals surface area contributed by atoms with Crippen LogP contribution in [0.1, 0.15) is 19.4 Å². The van der Waals surface area contributed by atoms with E-state index < -0.39 is 17.0 Å². The molecule has 0 unspecified atom stereocenters. The molecule has 0 N–H and O–H groups in total. The molecule has 1 rings (SSSR count). The minimum absolute atomic E-state index is 0.376. The zero-order chi connectivity index (χ0) is 10.9. The van der Waals surface area contributed by atoms with E-state index in [1.165, 1.54) is 10.8 Å². The average molecular weight is 266 g/mol. The van der Waals surface area contributed by atoms with Gasteiger partial charge in [0.1, 0.15) is 0 Å². The Kier molecular flexibility index (Phi) is 3.09. The predicted octanol–water partition coefficient (Wildman–Crippen LogP) is 2.74. The van der Waals surface area contributed by atoms with Crippen molar-refractivity contribution < 1.29 is 8.78 Å². The molecule has 78 valence electrons. The molecule has 0 saturated carbocycles. The van der Waals surface area contributed by atoms with Crippen LogP contribution in [0.15, 0.2) is 21.5 Å². The van der Waals surface area contributed by atoms with E-state index in [-0.39, 0.29) is 0 Å². The number of aromatic nitrogens is 1. The first-order valence-electron chi connectivity index (χ1n) is 4.14. The second kappa shape index (κ2) is 3.81. The predicted molar refractivity (Wildman–Crippen MR) is 53.6 cm³/mol. The molecule has 0 atom stereocenters. The number of hydrogen-bond acceptors (Lipinski definition) is 1. The Labute approximate surface area is 88.7 Å². The van der Waals surface area contributed by atoms with E-state index >= 15 is 0 Å². The molecule has 1 aromatic rings. The molecule has 0 amide bonds. The smallest absolute Gasteiger partial charge is 0.275 e. The quantitative estimate of drug-likeness (QED) is 0.806. The van der Waals surface area contributed by atoms with Crippen LogP contribution in [0.3, 0.4) is 0 Å². The lowest BCUT2D eigenvalue weighted by Crippen LogP contribution is -2.28. The first-order valence-corrected chi connectivity index (χ1v) is 4.94. The van der Waals surface area contributed by atoms with E-state index in [0.717, 1.165) is 13.0 Å². The minimum atomic E-state index is -3.10. The van der Waals surface area contributed by atoms with Crippen molar-refractivity contribution >= 4 is 15.9 Å². The molecule has 0 bridgehead atoms. The molecule has 0 aliphatic rings. The first kappa shape index (κ1) is 11.4. The van der Waals surface area contributed by atoms with Crippen molar-refractivity contribution in [3.63, 3.8) is 0 Å². The molecule has 0 fully saturated rings. The third kappa shape index (κ3) is 2.20. The summed E-state index contributed by atoms with van der Waals surface area (Å²) >= 11 is 3.09. The Morgan fingerprint density at radius 2 is 2.14 bits per heavy atom. The second-order valence-electron chi connectivity index (χ2n) is 3.05. The molecule has 0 saturated heterocycles. The number of hydrogen-bond donors (Lipinski definition) is 0. The fourth-order valence-electron chi connectivity index (χ4n) is 1.15. The summed E-state index contributed by atoms with van der Waals surface area (Å²) in [4.78, 5) is 11.5. The summed E-state index contributed by atoms with van der Waals surface area (Å²) in [6, 6.07) is 1.16. The van der Waals surface area contributed by atoms with Gasteiger partial charge >= 0.3 is 0 Å². The Hall–Kier alpha value is -0.710. The zero-order valence-corrected chi connectivity index (χ0v) is 9.44. The molecule has 2 nitrogen and oxygen atoms in total. The monoisotopic (exact) mass is 265 g/mol. The molecule has 0 aromatic carbocycles. The highest BCUT2D eigenvalue weighted by Crippen LogP contribution is 2.25. The highest BCUT2D eigenvalue weighted by atomic mass is 79.9. The van der Waals surface area contributed by atoms with E-state index in [9.17, 15) is 13.6 Å². The van der Waals surface area contributed by atoms with E-state index in [0.29, 0.717) is 11.0 Å². The molecule has 0 aliphatic carbocycles. The topological polar surface area (TPSA) is 22.0 Å². The third-order valence-corrected chi connectivity index (χ3v) is 2.30. The van der Waals surface area contributed by atoms with Crippen molar-refractivity contribution in [1.29, 1.82) is 0 Å². The summed E-state index contributed by atoms with van der Waals surface area (Å²) in [6.45, 7) is 2.82. The number of halogens is 3. The van der Waals surface area contributed by atoms with Gasteiger partial charge in [-0.1, -0.05) is 0 Å². The van der Waals surface area contributed by atoms with Gasteiger partial charge in [0.2, 0.25) is 0 Å². The molecular weight excluding hydrogens is 256 g/mol. The summed E-state index contributed by atoms with van der Waals surface area (Å²) < 4.78 is 27.7. The lowest BCUT2D eigenvalue weighted by atomic mass is 10.2. The molecule has 0 spiro atoms. The molecular formula is C9H10BrF2NO. The Bertz CT molecular complexity index is 395. The highest BCUT2D eigenvalue weighted by molar-refractivity contribution is 9.10. The normalized spacial score (nSPS) is 11.8. The average Bonchev–Trinajstić information content (AvgIpc) is 2.06. The maximum atomic E-state index is 13.0. The van der Waals surface area contributed by atoms with Gasteiger partial charge in [-0.15, -0.1) is 0 Å². The van der Waals surface area contributed by atoms with Gasteiger partial charge in [-0.3, -0.25) is 4.79 Å². The van der Waals surface area contributed by atoms with Crippen LogP contribution in [0.2, 0.25) is 0 Å². The van der Waals surface area contributed by atoms with Crippen molar-refractivity contribution in [1.82, 2.24) is 4.57 Å². The van der Waals surface area contributed by atoms with Gasteiger partial charge in [-0.05, 0) is 28.9 Å². The standard InChI is InChI=1S/C9H10BrF2NO/c1-3-13-5-6(10)4-7(8(13)14)9(2,11)12/h4-5H,3H2,1-2H3. The Morgan fingerprint density at radius 1 is 1.57 bits per heavy atom. The van der Waals surface area contributed by atoms with E-state index in [2.05, 4.69) is 15.9 Å². The number of pyridine rings is 1. The molecule has 0 aliphatic heterocycles. The number of aryl methyl sites for hydroxylation is 1. The fourth-order valence-corrected chi connectivity index (χ4v) is 1.62. The summed E-state index contributed by atoms with van der Waals surface area (Å²) in [5, 5.41) is 0. The van der Waals surface area contributed by atoms with Gasteiger partial charge in [-0.25, -0.2) is 8.78 Å². The van der Waals surface area contributed by atoms with Crippen LogP contribution in [0, 0.1) is 0 Å². The summed E-state index contributed by atoms with van der Waals surface area (Å²) in [5.41, 5.74) is -1.11. The van der Waals surface area contributed by atoms with Gasteiger partial charge in [-0.2, -0.15) is 0 Å². The maximum Gasteiger partial charge on any atom is 0.275 e. The third-order valence-electron chi connectivity index (χ3n) is 1.87. The number of rotatable bonds is 2. The first-order chi connectivity index (χ1) is 6.36. The van der Waals surface area contributed by atoms with Crippen LogP contribution >= 0.6 is 15.9 Å². The molecule has 5 heteroatoms. The van der Waals surface area contributed by atoms with Gasteiger partial charge < -0.3 is 4.57 Å². The number of nitrogens with zero attached hydrogens (tertiary/aromatic N) is 1. The number of alkyl halides is 2. The lowest BCUT2D eigenvalue weighted by Gasteiger charge is -2.12. The summed E-state index contributed by atoms with van der Waals surface area (Å²) in [6.07, 6.45) is 1.50. The van der Waals surface area contributed by atoms with E-state index in [1.54, 1.807) is 6.92 Å². The van der Waals surface area contributed by atoms with Crippen molar-refractivity contribution in [3.8, 4) is 0 Å². The van der Waals surface area contributed by atoms with Crippen LogP contribution in [0.5, 0.6) is 0 Å². The van der Waals surface area contributed by atoms with Crippen LogP contribution in [0.25, 0.3) is 0 Å². The van der Waals surface area contributed by atoms with Gasteiger partial charge in [0, 0.05) is 24.1 Å². The fraction of sp³-hybridized carbons (Fsp3) is 0.444. The van der Waals surface area contributed by atoms with E-state index in [1.807, 2.05) is 0 Å². The van der Waals surface area contributed by atoms with Crippen LogP contribution in [0.4, 0.5) is 8.78 Å². The maximum absolute atomic E-state index is 13.0. The van der Waals surface area contributed by atoms with Crippen molar-refractivity contribution in [3.05, 3.63) is 32.7 Å². The minimum Gasteiger partial charge on any atom is -0.314 e. The SMILES string of the molecule is CCn1cc(Br)cc(C(C)(F)F)c1=O. The van der Waals surface area contributed by atoms with Gasteiger partial charge in [0.15, 0.2) is 0 Å². The highest BCUT2D eigenvalue weighted by Gasteiger charge is 2.28. The Morgan fingerprint density at radius 3 is 2.57 bits per heavy atom. The molecule has 14 heavy (non-hydrogen) atoms. The summed E-state index contributed by atoms with van der Waals surface area (Å²) in [7, 11) is 0. The van der Waals surface area contributed by atoms with Crippen LogP contribution in [-0.4, -0.2) is 4.57 Å². The lowest BCUT2D eigenvalue weighted by molar-refractivity contribution is 0.0154. The van der Waals surface area contributed by atoms with Crippen molar-refractivity contribution in [2.24, 2.45) is 0 Å². The molecule has 1 heterocycles. The van der Waals surface area contributed by atoms with E-state index in [4.69, 9.17) is 0 Å². The second-order valence-corrected chi connectivity index (χ2v) is 3.97. The zero-order valence-electron chi connectivity index (χ0n) is 7.85. The Balaban J connectivity index is 3.45. The summed E-state index contributed by atoms with van der Waals surface area (Å²) in [5.74, 6) is -3.10.